The number of rotatable bonds is 5. The summed E-state index contributed by atoms with van der Waals surface area (Å²) in [7, 11) is -0.0561. The van der Waals surface area contributed by atoms with Crippen LogP contribution in [0.25, 0.3) is 11.0 Å². The molecule has 5 rings (SSSR count). The van der Waals surface area contributed by atoms with Crippen molar-refractivity contribution in [2.75, 3.05) is 58.0 Å². The molecule has 2 aromatic heterocycles. The number of nitrogens with zero attached hydrogens (tertiary/aromatic N) is 5. The SMILES string of the molecule is CN1CCCC1.CO/N=C1\CN(c2nc3c(cc2F)c(=O)c(C(=O)O)cn3C2CC2)CC1CN.CS(=O)(=O)O. The van der Waals surface area contributed by atoms with E-state index in [9.17, 15) is 27.5 Å². The van der Waals surface area contributed by atoms with E-state index in [2.05, 4.69) is 22.1 Å². The molecule has 2 aromatic rings. The molecule has 1 saturated carbocycles. The Balaban J connectivity index is 0.000000320. The zero-order valence-corrected chi connectivity index (χ0v) is 23.0. The number of oxime groups is 1. The van der Waals surface area contributed by atoms with Gasteiger partial charge in [0.15, 0.2) is 11.6 Å². The number of aromatic nitrogens is 2. The summed E-state index contributed by atoms with van der Waals surface area (Å²) in [6.45, 7) is 3.71. The van der Waals surface area contributed by atoms with E-state index in [0.717, 1.165) is 18.9 Å². The average molecular weight is 571 g/mol. The third-order valence-electron chi connectivity index (χ3n) is 6.50. The number of fused-ring (bicyclic) bond motifs is 1. The van der Waals surface area contributed by atoms with Crippen LogP contribution in [0.4, 0.5) is 10.2 Å². The van der Waals surface area contributed by atoms with Gasteiger partial charge in [-0.1, -0.05) is 5.16 Å². The Morgan fingerprint density at radius 3 is 2.38 bits per heavy atom. The molecule has 1 atom stereocenters. The zero-order chi connectivity index (χ0) is 28.9. The topological polar surface area (TPSA) is 181 Å². The molecule has 2 saturated heterocycles. The van der Waals surface area contributed by atoms with Crippen LogP contribution in [-0.4, -0.2) is 97.3 Å². The Morgan fingerprint density at radius 1 is 1.31 bits per heavy atom. The van der Waals surface area contributed by atoms with Crippen LogP contribution >= 0.6 is 0 Å². The van der Waals surface area contributed by atoms with Crippen LogP contribution in [0.1, 0.15) is 42.1 Å². The maximum Gasteiger partial charge on any atom is 0.341 e. The maximum atomic E-state index is 14.9. The van der Waals surface area contributed by atoms with Gasteiger partial charge in [0.25, 0.3) is 10.1 Å². The minimum absolute atomic E-state index is 0.0339. The van der Waals surface area contributed by atoms with E-state index in [1.165, 1.54) is 39.2 Å². The highest BCUT2D eigenvalue weighted by molar-refractivity contribution is 7.85. The molecule has 0 radical (unpaired) electrons. The Kier molecular flexibility index (Phi) is 9.98. The van der Waals surface area contributed by atoms with Crippen LogP contribution in [-0.2, 0) is 15.0 Å². The quantitative estimate of drug-likeness (QED) is 0.347. The fraction of sp³-hybridized carbons (Fsp3) is 0.583. The first-order valence-corrected chi connectivity index (χ1v) is 14.3. The van der Waals surface area contributed by atoms with Crippen LogP contribution in [0.15, 0.2) is 22.2 Å². The fourth-order valence-corrected chi connectivity index (χ4v) is 4.47. The van der Waals surface area contributed by atoms with Gasteiger partial charge in [0.2, 0.25) is 5.43 Å². The third-order valence-corrected chi connectivity index (χ3v) is 6.50. The van der Waals surface area contributed by atoms with Gasteiger partial charge in [-0.05, 0) is 51.9 Å². The number of carboxylic acids is 1. The second-order valence-corrected chi connectivity index (χ2v) is 11.3. The fourth-order valence-electron chi connectivity index (χ4n) is 4.47. The van der Waals surface area contributed by atoms with Gasteiger partial charge in [-0.2, -0.15) is 8.42 Å². The Morgan fingerprint density at radius 2 is 1.92 bits per heavy atom. The van der Waals surface area contributed by atoms with E-state index in [4.69, 9.17) is 15.1 Å². The number of anilines is 1. The molecule has 3 fully saturated rings. The molecule has 0 aromatic carbocycles. The van der Waals surface area contributed by atoms with Crippen molar-refractivity contribution in [1.29, 1.82) is 0 Å². The van der Waals surface area contributed by atoms with Gasteiger partial charge in [-0.15, -0.1) is 0 Å². The number of carboxylic acid groups (broad SMARTS) is 1. The molecule has 0 spiro atoms. The van der Waals surface area contributed by atoms with Crippen LogP contribution in [0.2, 0.25) is 0 Å². The summed E-state index contributed by atoms with van der Waals surface area (Å²) in [5.74, 6) is -2.03. The molecule has 0 amide bonds. The Labute approximate surface area is 225 Å². The summed E-state index contributed by atoms with van der Waals surface area (Å²) in [5, 5.41) is 13.2. The largest absolute Gasteiger partial charge is 0.477 e. The van der Waals surface area contributed by atoms with Crippen LogP contribution in [0.5, 0.6) is 0 Å². The summed E-state index contributed by atoms with van der Waals surface area (Å²) in [6, 6.07) is 1.14. The lowest BCUT2D eigenvalue weighted by Crippen LogP contribution is -2.26. The summed E-state index contributed by atoms with van der Waals surface area (Å²) >= 11 is 0. The molecule has 3 aliphatic rings. The lowest BCUT2D eigenvalue weighted by molar-refractivity contribution is 0.0694. The predicted octanol–water partition coefficient (Wildman–Crippen LogP) is 1.18. The molecule has 4 N–H and O–H groups in total. The van der Waals surface area contributed by atoms with E-state index in [-0.39, 0.29) is 34.4 Å². The number of hydrogen-bond donors (Lipinski definition) is 3. The van der Waals surface area contributed by atoms with Gasteiger partial charge in [0, 0.05) is 31.2 Å². The second kappa shape index (κ2) is 12.8. The molecule has 1 unspecified atom stereocenters. The summed E-state index contributed by atoms with van der Waals surface area (Å²) in [4.78, 5) is 37.3. The first kappa shape index (κ1) is 30.4. The number of likely N-dealkylation sites (tertiary alicyclic amines) is 1. The Bertz CT molecular complexity index is 1380. The highest BCUT2D eigenvalue weighted by atomic mass is 32.2. The van der Waals surface area contributed by atoms with Crippen molar-refractivity contribution in [2.45, 2.75) is 31.7 Å². The van der Waals surface area contributed by atoms with E-state index in [0.29, 0.717) is 31.6 Å². The molecule has 0 bridgehead atoms. The zero-order valence-electron chi connectivity index (χ0n) is 22.2. The molecule has 2 aliphatic heterocycles. The normalized spacial score (nSPS) is 20.4. The van der Waals surface area contributed by atoms with Gasteiger partial charge in [0.05, 0.1) is 23.9 Å². The lowest BCUT2D eigenvalue weighted by Gasteiger charge is -2.19. The predicted molar refractivity (Wildman–Crippen MR) is 145 cm³/mol. The molecule has 13 nitrogen and oxygen atoms in total. The van der Waals surface area contributed by atoms with Gasteiger partial charge < -0.3 is 30.0 Å². The van der Waals surface area contributed by atoms with Crippen molar-refractivity contribution in [1.82, 2.24) is 14.5 Å². The number of aromatic carboxylic acids is 1. The van der Waals surface area contributed by atoms with Crippen molar-refractivity contribution < 1.29 is 32.1 Å². The molecule has 4 heterocycles. The van der Waals surface area contributed by atoms with Crippen molar-refractivity contribution in [2.24, 2.45) is 16.8 Å². The summed E-state index contributed by atoms with van der Waals surface area (Å²) in [5.41, 5.74) is 5.65. The first-order chi connectivity index (χ1) is 18.3. The van der Waals surface area contributed by atoms with Gasteiger partial charge in [0.1, 0.15) is 18.3 Å². The minimum Gasteiger partial charge on any atom is -0.477 e. The first-order valence-electron chi connectivity index (χ1n) is 12.5. The van der Waals surface area contributed by atoms with Crippen molar-refractivity contribution >= 4 is 38.7 Å². The highest BCUT2D eigenvalue weighted by Gasteiger charge is 2.33. The molecular weight excluding hydrogens is 535 g/mol. The van der Waals surface area contributed by atoms with Crippen molar-refractivity contribution in [3.05, 3.63) is 33.9 Å². The monoisotopic (exact) mass is 570 g/mol. The molecule has 39 heavy (non-hydrogen) atoms. The van der Waals surface area contributed by atoms with Gasteiger partial charge in [-0.25, -0.2) is 14.2 Å². The number of halogens is 1. The summed E-state index contributed by atoms with van der Waals surface area (Å²) in [6.07, 6.45) is 6.56. The number of nitrogens with two attached hydrogens (primary N) is 1. The van der Waals surface area contributed by atoms with E-state index in [1.807, 2.05) is 0 Å². The highest BCUT2D eigenvalue weighted by Crippen LogP contribution is 2.37. The molecule has 216 valence electrons. The number of pyridine rings is 2. The van der Waals surface area contributed by atoms with Crippen molar-refractivity contribution in [3.8, 4) is 0 Å². The maximum absolute atomic E-state index is 14.9. The minimum atomic E-state index is -3.67. The smallest absolute Gasteiger partial charge is 0.341 e. The van der Waals surface area contributed by atoms with Crippen LogP contribution < -0.4 is 16.1 Å². The molecule has 15 heteroatoms. The van der Waals surface area contributed by atoms with Crippen molar-refractivity contribution in [3.63, 3.8) is 0 Å². The second-order valence-electron chi connectivity index (χ2n) is 9.80. The standard InChI is InChI=1S/C18H20FN5O4.C5H11N.CH4O3S/c1-28-22-14-8-23(6-9(14)5-20)17-13(19)4-11-15(25)12(18(26)27)7-24(10-2-3-10)16(11)21-17;1-6-4-2-3-5-6;1-5(2,3)4/h4,7,9-10H,2-3,5-6,8,20H2,1H3,(H,26,27);2-5H2,1H3;1H3,(H,2,3,4)/b22-14+;;. The van der Waals surface area contributed by atoms with E-state index in [1.54, 1.807) is 9.47 Å². The molecular formula is C24H35FN6O7S. The molecule has 1 aliphatic carbocycles. The third kappa shape index (κ3) is 8.17. The van der Waals surface area contributed by atoms with Gasteiger partial charge >= 0.3 is 5.97 Å². The average Bonchev–Trinajstić information content (AvgIpc) is 3.44. The van der Waals surface area contributed by atoms with E-state index < -0.39 is 27.3 Å². The van der Waals surface area contributed by atoms with Gasteiger partial charge in [-0.3, -0.25) is 9.35 Å². The Hall–Kier alpha value is -3.14. The lowest BCUT2D eigenvalue weighted by atomic mass is 10.1. The van der Waals surface area contributed by atoms with Crippen LogP contribution in [0.3, 0.4) is 0 Å². The summed E-state index contributed by atoms with van der Waals surface area (Å²) < 4.78 is 42.4. The number of carbonyl (C=O) groups is 1. The number of hydrogen-bond acceptors (Lipinski definition) is 10. The van der Waals surface area contributed by atoms with E-state index >= 15 is 0 Å². The van der Waals surface area contributed by atoms with Crippen LogP contribution in [0, 0.1) is 11.7 Å².